The van der Waals surface area contributed by atoms with Gasteiger partial charge in [0.25, 0.3) is 5.69 Å². The average molecular weight is 288 g/mol. The fourth-order valence-corrected chi connectivity index (χ4v) is 1.88. The van der Waals surface area contributed by atoms with Crippen molar-refractivity contribution in [2.24, 2.45) is 0 Å². The molecule has 0 saturated carbocycles. The molecule has 0 saturated heterocycles. The second-order valence-corrected chi connectivity index (χ2v) is 4.06. The van der Waals surface area contributed by atoms with Gasteiger partial charge in [-0.1, -0.05) is 15.9 Å². The monoisotopic (exact) mass is 287 g/mol. The topological polar surface area (TPSA) is 61.6 Å². The summed E-state index contributed by atoms with van der Waals surface area (Å²) < 4.78 is 10.9. The Morgan fingerprint density at radius 2 is 2.06 bits per heavy atom. The molecule has 0 aliphatic carbocycles. The van der Waals surface area contributed by atoms with E-state index in [9.17, 15) is 10.1 Å². The molecule has 5 nitrogen and oxygen atoms in total. The summed E-state index contributed by atoms with van der Waals surface area (Å²) in [6, 6.07) is 4.74. The number of hydrogen-bond acceptors (Lipinski definition) is 4. The molecule has 1 heterocycles. The average Bonchev–Trinajstić information content (AvgIpc) is 2.50. The van der Waals surface area contributed by atoms with E-state index >= 15 is 0 Å². The zero-order valence-corrected chi connectivity index (χ0v) is 9.97. The van der Waals surface area contributed by atoms with Gasteiger partial charge in [-0.2, -0.15) is 0 Å². The highest BCUT2D eigenvalue weighted by molar-refractivity contribution is 9.09. The highest BCUT2D eigenvalue weighted by Crippen LogP contribution is 2.23. The van der Waals surface area contributed by atoms with Crippen LogP contribution in [0.25, 0.3) is 0 Å². The molecule has 2 rings (SSSR count). The SMILES string of the molecule is O=[N+]([O-])c1ccc2c(c1)COC(CBr)OC2. The van der Waals surface area contributed by atoms with Gasteiger partial charge in [-0.3, -0.25) is 10.1 Å². The molecule has 1 aromatic carbocycles. The quantitative estimate of drug-likeness (QED) is 0.476. The van der Waals surface area contributed by atoms with Gasteiger partial charge in [-0.25, -0.2) is 0 Å². The van der Waals surface area contributed by atoms with Gasteiger partial charge < -0.3 is 9.47 Å². The van der Waals surface area contributed by atoms with Crippen LogP contribution in [0.1, 0.15) is 11.1 Å². The Kier molecular flexibility index (Phi) is 3.52. The molecule has 0 spiro atoms. The lowest BCUT2D eigenvalue weighted by atomic mass is 10.1. The van der Waals surface area contributed by atoms with Crippen LogP contribution in [0.4, 0.5) is 5.69 Å². The molecule has 0 aromatic heterocycles. The Labute approximate surface area is 101 Å². The number of rotatable bonds is 2. The van der Waals surface area contributed by atoms with Crippen LogP contribution in [0.3, 0.4) is 0 Å². The molecule has 0 N–H and O–H groups in total. The lowest BCUT2D eigenvalue weighted by Crippen LogP contribution is -2.15. The fourth-order valence-electron chi connectivity index (χ4n) is 1.50. The summed E-state index contributed by atoms with van der Waals surface area (Å²) in [5.41, 5.74) is 1.84. The van der Waals surface area contributed by atoms with Crippen molar-refractivity contribution in [3.05, 3.63) is 39.4 Å². The van der Waals surface area contributed by atoms with Crippen molar-refractivity contribution in [2.75, 3.05) is 5.33 Å². The zero-order chi connectivity index (χ0) is 11.5. The number of nitro benzene ring substituents is 1. The molecule has 0 amide bonds. The van der Waals surface area contributed by atoms with E-state index in [4.69, 9.17) is 9.47 Å². The Balaban J connectivity index is 2.25. The van der Waals surface area contributed by atoms with E-state index < -0.39 is 4.92 Å². The third-order valence-corrected chi connectivity index (χ3v) is 2.90. The third-order valence-electron chi connectivity index (χ3n) is 2.38. The fraction of sp³-hybridized carbons (Fsp3) is 0.400. The highest BCUT2D eigenvalue weighted by atomic mass is 79.9. The van der Waals surface area contributed by atoms with Gasteiger partial charge in [0.15, 0.2) is 6.29 Å². The molecule has 1 aliphatic rings. The van der Waals surface area contributed by atoms with Crippen molar-refractivity contribution in [3.8, 4) is 0 Å². The first-order valence-electron chi connectivity index (χ1n) is 4.76. The van der Waals surface area contributed by atoms with Gasteiger partial charge in [0, 0.05) is 12.1 Å². The number of non-ortho nitro benzene ring substituents is 1. The molecule has 1 unspecified atom stereocenters. The Morgan fingerprint density at radius 1 is 1.38 bits per heavy atom. The van der Waals surface area contributed by atoms with Crippen LogP contribution >= 0.6 is 15.9 Å². The largest absolute Gasteiger partial charge is 0.347 e. The molecule has 86 valence electrons. The van der Waals surface area contributed by atoms with Crippen molar-refractivity contribution in [1.29, 1.82) is 0 Å². The van der Waals surface area contributed by atoms with Crippen LogP contribution in [-0.2, 0) is 22.7 Å². The molecule has 1 atom stereocenters. The maximum absolute atomic E-state index is 10.6. The van der Waals surface area contributed by atoms with Gasteiger partial charge in [-0.05, 0) is 17.2 Å². The third kappa shape index (κ3) is 2.40. The number of nitro groups is 1. The minimum absolute atomic E-state index is 0.0830. The van der Waals surface area contributed by atoms with Crippen molar-refractivity contribution in [1.82, 2.24) is 0 Å². The van der Waals surface area contributed by atoms with Gasteiger partial charge in [0.2, 0.25) is 0 Å². The molecule has 1 aromatic rings. The predicted molar refractivity (Wildman–Crippen MR) is 60.3 cm³/mol. The number of ether oxygens (including phenoxy) is 2. The molecule has 16 heavy (non-hydrogen) atoms. The van der Waals surface area contributed by atoms with Crippen LogP contribution in [0, 0.1) is 10.1 Å². The molecular weight excluding hydrogens is 278 g/mol. The van der Waals surface area contributed by atoms with Crippen LogP contribution in [0.5, 0.6) is 0 Å². The summed E-state index contributed by atoms with van der Waals surface area (Å²) in [5, 5.41) is 11.2. The van der Waals surface area contributed by atoms with E-state index in [2.05, 4.69) is 15.9 Å². The van der Waals surface area contributed by atoms with E-state index in [-0.39, 0.29) is 12.0 Å². The summed E-state index contributed by atoms with van der Waals surface area (Å²) >= 11 is 3.27. The van der Waals surface area contributed by atoms with E-state index in [1.54, 1.807) is 6.07 Å². The van der Waals surface area contributed by atoms with E-state index in [0.29, 0.717) is 18.5 Å². The zero-order valence-electron chi connectivity index (χ0n) is 8.39. The number of benzene rings is 1. The summed E-state index contributed by atoms with van der Waals surface area (Å²) in [7, 11) is 0. The van der Waals surface area contributed by atoms with Crippen molar-refractivity contribution < 1.29 is 14.4 Å². The summed E-state index contributed by atoms with van der Waals surface area (Å²) in [6.07, 6.45) is -0.300. The summed E-state index contributed by atoms with van der Waals surface area (Å²) in [6.45, 7) is 0.761. The Bertz CT molecular complexity index is 410. The Morgan fingerprint density at radius 3 is 2.69 bits per heavy atom. The smallest absolute Gasteiger partial charge is 0.269 e. The number of alkyl halides is 1. The minimum Gasteiger partial charge on any atom is -0.347 e. The summed E-state index contributed by atoms with van der Waals surface area (Å²) in [4.78, 5) is 10.2. The molecule has 0 fully saturated rings. The molecule has 1 aliphatic heterocycles. The lowest BCUT2D eigenvalue weighted by molar-refractivity contribution is -0.385. The normalized spacial score (nSPS) is 19.9. The van der Waals surface area contributed by atoms with E-state index in [1.807, 2.05) is 0 Å². The van der Waals surface area contributed by atoms with Gasteiger partial charge in [-0.15, -0.1) is 0 Å². The van der Waals surface area contributed by atoms with E-state index in [1.165, 1.54) is 12.1 Å². The first kappa shape index (κ1) is 11.5. The summed E-state index contributed by atoms with van der Waals surface area (Å²) in [5.74, 6) is 0. The first-order chi connectivity index (χ1) is 7.70. The molecule has 0 radical (unpaired) electrons. The van der Waals surface area contributed by atoms with Crippen LogP contribution in [0.15, 0.2) is 18.2 Å². The Hall–Kier alpha value is -0.980. The predicted octanol–water partition coefficient (Wildman–Crippen LogP) is 2.36. The number of halogens is 1. The number of fused-ring (bicyclic) bond motifs is 1. The second-order valence-electron chi connectivity index (χ2n) is 3.42. The van der Waals surface area contributed by atoms with Crippen molar-refractivity contribution in [3.63, 3.8) is 0 Å². The van der Waals surface area contributed by atoms with Gasteiger partial charge in [0.05, 0.1) is 23.5 Å². The maximum atomic E-state index is 10.6. The van der Waals surface area contributed by atoms with Gasteiger partial charge >= 0.3 is 0 Å². The lowest BCUT2D eigenvalue weighted by Gasteiger charge is -2.10. The molecular formula is C10H10BrNO4. The minimum atomic E-state index is -0.409. The van der Waals surface area contributed by atoms with Crippen LogP contribution in [-0.4, -0.2) is 16.5 Å². The highest BCUT2D eigenvalue weighted by Gasteiger charge is 2.18. The maximum Gasteiger partial charge on any atom is 0.269 e. The second kappa shape index (κ2) is 4.90. The van der Waals surface area contributed by atoms with Crippen molar-refractivity contribution >= 4 is 21.6 Å². The number of hydrogen-bond donors (Lipinski definition) is 0. The molecule has 6 heteroatoms. The van der Waals surface area contributed by atoms with Gasteiger partial charge in [0.1, 0.15) is 0 Å². The van der Waals surface area contributed by atoms with Crippen LogP contribution < -0.4 is 0 Å². The first-order valence-corrected chi connectivity index (χ1v) is 5.88. The van der Waals surface area contributed by atoms with Crippen molar-refractivity contribution in [2.45, 2.75) is 19.5 Å². The van der Waals surface area contributed by atoms with Crippen LogP contribution in [0.2, 0.25) is 0 Å². The molecule has 0 bridgehead atoms. The van der Waals surface area contributed by atoms with E-state index in [0.717, 1.165) is 11.1 Å². The standard InChI is InChI=1S/C10H10BrNO4/c11-4-10-15-5-7-1-2-9(12(13)14)3-8(7)6-16-10/h1-3,10H,4-6H2. The number of nitrogens with zero attached hydrogens (tertiary/aromatic N) is 1.